The van der Waals surface area contributed by atoms with Gasteiger partial charge in [-0.25, -0.2) is 4.79 Å². The molecule has 4 rings (SSSR count). The van der Waals surface area contributed by atoms with Gasteiger partial charge in [-0.05, 0) is 66.2 Å². The maximum Gasteiger partial charge on any atom is 0.336 e. The predicted molar refractivity (Wildman–Crippen MR) is 116 cm³/mol. The van der Waals surface area contributed by atoms with E-state index in [0.29, 0.717) is 27.9 Å². The molecule has 1 aromatic heterocycles. The van der Waals surface area contributed by atoms with Crippen LogP contribution in [-0.4, -0.2) is 11.4 Å². The molecule has 0 saturated heterocycles. The molecule has 1 aliphatic rings. The lowest BCUT2D eigenvalue weighted by molar-refractivity contribution is -0.126. The van der Waals surface area contributed by atoms with Crippen LogP contribution in [0.3, 0.4) is 0 Å². The molecule has 142 valence electrons. The van der Waals surface area contributed by atoms with Crippen LogP contribution in [0.25, 0.3) is 16.5 Å². The molecule has 0 amide bonds. The molecule has 3 aromatic rings. The maximum absolute atomic E-state index is 13.1. The van der Waals surface area contributed by atoms with E-state index >= 15 is 0 Å². The van der Waals surface area contributed by atoms with E-state index in [4.69, 9.17) is 9.15 Å². The van der Waals surface area contributed by atoms with Crippen molar-refractivity contribution >= 4 is 59.9 Å². The van der Waals surface area contributed by atoms with E-state index in [1.165, 1.54) is 6.07 Å². The third-order valence-electron chi connectivity index (χ3n) is 4.48. The van der Waals surface area contributed by atoms with Gasteiger partial charge in [0.1, 0.15) is 11.3 Å². The third kappa shape index (κ3) is 3.29. The largest absolute Gasteiger partial charge is 0.479 e. The molecule has 7 heteroatoms. The number of ketones is 1. The van der Waals surface area contributed by atoms with Crippen molar-refractivity contribution in [2.24, 2.45) is 0 Å². The summed E-state index contributed by atoms with van der Waals surface area (Å²) < 4.78 is 13.1. The highest BCUT2D eigenvalue weighted by molar-refractivity contribution is 9.11. The zero-order valence-corrected chi connectivity index (χ0v) is 18.2. The number of carbonyl (C=O) groups excluding carboxylic acids is 1. The lowest BCUT2D eigenvalue weighted by Gasteiger charge is -2.32. The maximum atomic E-state index is 13.1. The number of hydrogen-bond acceptors (Lipinski definition) is 5. The van der Waals surface area contributed by atoms with Crippen LogP contribution < -0.4 is 15.7 Å². The number of carbonyl (C=O) groups is 1. The zero-order chi connectivity index (χ0) is 20.1. The highest BCUT2D eigenvalue weighted by Gasteiger charge is 2.40. The molecule has 28 heavy (non-hydrogen) atoms. The molecule has 0 spiro atoms. The second-order valence-corrected chi connectivity index (χ2v) is 8.65. The Hall–Kier alpha value is -2.38. The Morgan fingerprint density at radius 3 is 2.54 bits per heavy atom. The lowest BCUT2D eigenvalue weighted by Crippen LogP contribution is -2.42. The number of rotatable bonds is 2. The molecule has 0 radical (unpaired) electrons. The Labute approximate surface area is 177 Å². The van der Waals surface area contributed by atoms with Crippen molar-refractivity contribution in [3.63, 3.8) is 0 Å². The van der Waals surface area contributed by atoms with Crippen molar-refractivity contribution in [2.45, 2.75) is 19.4 Å². The van der Waals surface area contributed by atoms with Gasteiger partial charge in [0.2, 0.25) is 5.78 Å². The van der Waals surface area contributed by atoms with E-state index in [0.717, 1.165) is 14.6 Å². The highest BCUT2D eigenvalue weighted by Crippen LogP contribution is 2.42. The molecule has 0 saturated carbocycles. The van der Waals surface area contributed by atoms with E-state index in [2.05, 4.69) is 37.2 Å². The summed E-state index contributed by atoms with van der Waals surface area (Å²) in [6, 6.07) is 12.3. The monoisotopic (exact) mass is 503 g/mol. The average molecular weight is 505 g/mol. The highest BCUT2D eigenvalue weighted by atomic mass is 79.9. The third-order valence-corrected chi connectivity index (χ3v) is 5.63. The number of fused-ring (bicyclic) bond motifs is 3. The normalized spacial score (nSPS) is 16.7. The first-order valence-corrected chi connectivity index (χ1v) is 10.1. The number of benzene rings is 2. The van der Waals surface area contributed by atoms with Gasteiger partial charge in [0.15, 0.2) is 5.60 Å². The van der Waals surface area contributed by atoms with Crippen molar-refractivity contribution in [3.05, 3.63) is 73.6 Å². The van der Waals surface area contributed by atoms with Crippen molar-refractivity contribution in [2.75, 3.05) is 5.32 Å². The molecule has 1 aliphatic heterocycles. The average Bonchev–Trinajstić information content (AvgIpc) is 2.63. The number of nitrogens with one attached hydrogen (secondary N) is 1. The van der Waals surface area contributed by atoms with Gasteiger partial charge in [-0.15, -0.1) is 0 Å². The summed E-state index contributed by atoms with van der Waals surface area (Å²) in [5.41, 5.74) is 0.454. The molecule has 0 bridgehead atoms. The first-order valence-electron chi connectivity index (χ1n) is 8.49. The molecule has 0 fully saturated rings. The molecular formula is C21H15Br2NO4. The Balaban J connectivity index is 1.92. The number of anilines is 1. The number of Topliss-reactive ketones (excluding diaryl/α,β-unsaturated/α-hetero) is 1. The molecular weight excluding hydrogens is 490 g/mol. The summed E-state index contributed by atoms with van der Waals surface area (Å²) in [7, 11) is 0. The van der Waals surface area contributed by atoms with E-state index in [1.807, 2.05) is 18.2 Å². The fourth-order valence-corrected chi connectivity index (χ4v) is 4.27. The van der Waals surface area contributed by atoms with Gasteiger partial charge in [-0.3, -0.25) is 4.79 Å². The van der Waals surface area contributed by atoms with E-state index < -0.39 is 11.2 Å². The Morgan fingerprint density at radius 2 is 1.79 bits per heavy atom. The smallest absolute Gasteiger partial charge is 0.336 e. The van der Waals surface area contributed by atoms with Crippen LogP contribution in [0.2, 0.25) is 0 Å². The predicted octanol–water partition coefficient (Wildman–Crippen LogP) is 5.51. The van der Waals surface area contributed by atoms with Crippen molar-refractivity contribution in [1.82, 2.24) is 0 Å². The topological polar surface area (TPSA) is 68.5 Å². The Morgan fingerprint density at radius 1 is 1.04 bits per heavy atom. The standard InChI is InChI=1S/C21H15Br2NO4/c1-21(2)20(26)13(10-24-15-6-5-12(22)9-14(15)23)18-16(28-21)7-3-11-4-8-17(25)27-19(11)18/h3-10,24H,1-2H3/b13-10-. The molecule has 2 heterocycles. The van der Waals surface area contributed by atoms with Crippen LogP contribution >= 0.6 is 31.9 Å². The first-order chi connectivity index (χ1) is 13.3. The van der Waals surface area contributed by atoms with Gasteiger partial charge in [0.25, 0.3) is 0 Å². The fourth-order valence-electron chi connectivity index (χ4n) is 3.11. The van der Waals surface area contributed by atoms with Crippen LogP contribution in [0, 0.1) is 0 Å². The molecule has 5 nitrogen and oxygen atoms in total. The minimum atomic E-state index is -1.04. The Bertz CT molecular complexity index is 1210. The van der Waals surface area contributed by atoms with E-state index in [1.54, 1.807) is 38.2 Å². The molecule has 1 N–H and O–H groups in total. The second-order valence-electron chi connectivity index (χ2n) is 6.88. The molecule has 0 unspecified atom stereocenters. The minimum Gasteiger partial charge on any atom is -0.479 e. The van der Waals surface area contributed by atoms with Gasteiger partial charge in [-0.1, -0.05) is 15.9 Å². The van der Waals surface area contributed by atoms with E-state index in [-0.39, 0.29) is 5.78 Å². The SMILES string of the molecule is CC1(C)Oc2ccc3ccc(=O)oc3c2/C(=C/Nc2ccc(Br)cc2Br)C1=O. The number of ether oxygens (including phenoxy) is 1. The fraction of sp³-hybridized carbons (Fsp3) is 0.143. The van der Waals surface area contributed by atoms with Crippen LogP contribution in [-0.2, 0) is 4.79 Å². The van der Waals surface area contributed by atoms with Crippen molar-refractivity contribution < 1.29 is 13.9 Å². The van der Waals surface area contributed by atoms with Crippen LogP contribution in [0.15, 0.2) is 66.8 Å². The first kappa shape index (κ1) is 19.0. The number of hydrogen-bond donors (Lipinski definition) is 1. The molecule has 2 aromatic carbocycles. The zero-order valence-electron chi connectivity index (χ0n) is 15.0. The molecule has 0 atom stereocenters. The second kappa shape index (κ2) is 6.90. The quantitative estimate of drug-likeness (QED) is 0.368. The van der Waals surface area contributed by atoms with Gasteiger partial charge in [-0.2, -0.15) is 0 Å². The molecule has 0 aliphatic carbocycles. The van der Waals surface area contributed by atoms with Crippen molar-refractivity contribution in [1.29, 1.82) is 0 Å². The van der Waals surface area contributed by atoms with Gasteiger partial charge >= 0.3 is 5.63 Å². The summed E-state index contributed by atoms with van der Waals surface area (Å²) in [5.74, 6) is 0.286. The summed E-state index contributed by atoms with van der Waals surface area (Å²) in [6.45, 7) is 3.43. The minimum absolute atomic E-state index is 0.209. The lowest BCUT2D eigenvalue weighted by atomic mass is 9.87. The Kier molecular flexibility index (Phi) is 4.67. The summed E-state index contributed by atoms with van der Waals surface area (Å²) in [6.07, 6.45) is 1.63. The summed E-state index contributed by atoms with van der Waals surface area (Å²) in [4.78, 5) is 24.9. The van der Waals surface area contributed by atoms with Gasteiger partial charge < -0.3 is 14.5 Å². The van der Waals surface area contributed by atoms with Gasteiger partial charge in [0, 0.05) is 26.6 Å². The van der Waals surface area contributed by atoms with Gasteiger partial charge in [0.05, 0.1) is 16.8 Å². The number of halogens is 2. The van der Waals surface area contributed by atoms with E-state index in [9.17, 15) is 9.59 Å². The van der Waals surface area contributed by atoms with Crippen LogP contribution in [0.4, 0.5) is 5.69 Å². The summed E-state index contributed by atoms with van der Waals surface area (Å²) >= 11 is 6.92. The summed E-state index contributed by atoms with van der Waals surface area (Å²) in [5, 5.41) is 3.89. The van der Waals surface area contributed by atoms with Crippen LogP contribution in [0.1, 0.15) is 19.4 Å². The van der Waals surface area contributed by atoms with Crippen molar-refractivity contribution in [3.8, 4) is 5.75 Å². The van der Waals surface area contributed by atoms with Crippen LogP contribution in [0.5, 0.6) is 5.75 Å².